The molecule has 0 aliphatic heterocycles. The molecule has 6 aromatic rings. The summed E-state index contributed by atoms with van der Waals surface area (Å²) in [5, 5.41) is 8.85. The molecule has 0 unspecified atom stereocenters. The summed E-state index contributed by atoms with van der Waals surface area (Å²) in [6.45, 7) is 0. The quantitative estimate of drug-likeness (QED) is 0.0752. The van der Waals surface area contributed by atoms with E-state index in [0.717, 1.165) is 49.7 Å². The van der Waals surface area contributed by atoms with Gasteiger partial charge in [0, 0.05) is 32.6 Å². The molecule has 0 aromatic heterocycles. The van der Waals surface area contributed by atoms with Crippen LogP contribution in [0.3, 0.4) is 0 Å². The summed E-state index contributed by atoms with van der Waals surface area (Å²) in [5.74, 6) is 5.86. The smallest absolute Gasteiger partial charge is 0.297 e. The summed E-state index contributed by atoms with van der Waals surface area (Å²) in [6.07, 6.45) is 5.10. The van der Waals surface area contributed by atoms with Crippen molar-refractivity contribution in [3.8, 4) is 0 Å². The van der Waals surface area contributed by atoms with E-state index in [1.165, 1.54) is 10.9 Å². The van der Waals surface area contributed by atoms with Gasteiger partial charge in [0.2, 0.25) is 0 Å². The van der Waals surface area contributed by atoms with Gasteiger partial charge in [-0.15, -0.1) is 0 Å². The Bertz CT molecular complexity index is 1920. The minimum atomic E-state index is -4.57. The Labute approximate surface area is 182 Å². The molecule has 0 heterocycles. The van der Waals surface area contributed by atoms with E-state index >= 15 is 0 Å². The molecule has 0 fully saturated rings. The van der Waals surface area contributed by atoms with Crippen LogP contribution >= 0.6 is 0 Å². The molecule has 0 spiro atoms. The van der Waals surface area contributed by atoms with Crippen molar-refractivity contribution < 1.29 is 13.0 Å². The van der Waals surface area contributed by atoms with E-state index in [0.29, 0.717) is 16.5 Å². The van der Waals surface area contributed by atoms with Gasteiger partial charge in [0.25, 0.3) is 10.1 Å². The van der Waals surface area contributed by atoms with Crippen LogP contribution in [0.5, 0.6) is 0 Å². The summed E-state index contributed by atoms with van der Waals surface area (Å²) in [6, 6.07) is 13.6. The number of nitrogens with one attached hydrogen (secondary N) is 1. The lowest BCUT2D eigenvalue weighted by atomic mass is 9.81. The Balaban J connectivity index is 1.93. The Hall–Kier alpha value is -3.65. The van der Waals surface area contributed by atoms with E-state index in [4.69, 9.17) is 11.6 Å². The first kappa shape index (κ1) is 18.0. The third-order valence-corrected chi connectivity index (χ3v) is 7.80. The topological polar surface area (TPSA) is 118 Å². The van der Waals surface area contributed by atoms with Gasteiger partial charge in [-0.3, -0.25) is 10.4 Å². The van der Waals surface area contributed by atoms with Gasteiger partial charge >= 0.3 is 0 Å². The molecule has 0 bridgehead atoms. The minimum absolute atomic E-state index is 0.165. The van der Waals surface area contributed by atoms with Gasteiger partial charge in [-0.25, -0.2) is 0 Å². The van der Waals surface area contributed by atoms with Gasteiger partial charge in [0.1, 0.15) is 4.90 Å². The molecule has 1 aliphatic rings. The monoisotopic (exact) mass is 439 g/mol. The van der Waals surface area contributed by atoms with Crippen LogP contribution in [0.2, 0.25) is 0 Å². The highest BCUT2D eigenvalue weighted by atomic mass is 32.2. The van der Waals surface area contributed by atoms with Crippen molar-refractivity contribution in [2.24, 2.45) is 5.84 Å². The van der Waals surface area contributed by atoms with Crippen LogP contribution in [0.4, 0.5) is 11.4 Å². The van der Waals surface area contributed by atoms with Crippen LogP contribution in [-0.4, -0.2) is 13.0 Å². The van der Waals surface area contributed by atoms with E-state index in [1.54, 1.807) is 12.1 Å². The molecular weight excluding hydrogens is 422 g/mol. The predicted molar refractivity (Wildman–Crippen MR) is 131 cm³/mol. The van der Waals surface area contributed by atoms with E-state index in [-0.39, 0.29) is 10.6 Å². The van der Waals surface area contributed by atoms with Crippen molar-refractivity contribution >= 4 is 81.4 Å². The largest absolute Gasteiger partial charge is 0.398 e. The standard InChI is InChI=1S/C25H17N3O3S/c26-18-9-13-4-1-3-11-7-14-8-12-5-2-6-15-20(12)23-17(24(28-27)25(15)32(29,30)31)10-16(18)22(19(11)13)21(14)23/h1-2,4-10,28H,3,26-27H2,(H,29,30,31). The van der Waals surface area contributed by atoms with Crippen molar-refractivity contribution in [2.75, 3.05) is 11.2 Å². The lowest BCUT2D eigenvalue weighted by Crippen LogP contribution is -2.13. The second-order valence-corrected chi connectivity index (χ2v) is 9.85. The molecule has 0 saturated carbocycles. The van der Waals surface area contributed by atoms with Crippen molar-refractivity contribution in [2.45, 2.75) is 11.3 Å². The molecule has 32 heavy (non-hydrogen) atoms. The number of hydrazine groups is 1. The highest BCUT2D eigenvalue weighted by Crippen LogP contribution is 2.51. The normalized spacial score (nSPS) is 14.1. The van der Waals surface area contributed by atoms with Crippen LogP contribution < -0.4 is 17.0 Å². The number of anilines is 2. The Morgan fingerprint density at radius 1 is 0.875 bits per heavy atom. The van der Waals surface area contributed by atoms with Crippen LogP contribution in [0.25, 0.3) is 59.9 Å². The molecule has 1 aliphatic carbocycles. The fraction of sp³-hybridized carbons (Fsp3) is 0.0400. The highest BCUT2D eigenvalue weighted by Gasteiger charge is 2.28. The van der Waals surface area contributed by atoms with E-state index in [9.17, 15) is 13.0 Å². The fourth-order valence-electron chi connectivity index (χ4n) is 5.77. The molecule has 0 radical (unpaired) electrons. The molecule has 7 rings (SSSR count). The zero-order valence-corrected chi connectivity index (χ0v) is 17.5. The summed E-state index contributed by atoms with van der Waals surface area (Å²) in [5.41, 5.74) is 12.2. The van der Waals surface area contributed by atoms with Crippen LogP contribution in [0.1, 0.15) is 11.1 Å². The van der Waals surface area contributed by atoms with Crippen molar-refractivity contribution in [3.63, 3.8) is 0 Å². The maximum absolute atomic E-state index is 12.5. The molecule has 0 amide bonds. The Kier molecular flexibility index (Phi) is 3.13. The predicted octanol–water partition coefficient (Wildman–Crippen LogP) is 5.01. The highest BCUT2D eigenvalue weighted by molar-refractivity contribution is 7.86. The third kappa shape index (κ3) is 1.99. The maximum Gasteiger partial charge on any atom is 0.297 e. The van der Waals surface area contributed by atoms with E-state index < -0.39 is 10.1 Å². The van der Waals surface area contributed by atoms with Crippen molar-refractivity contribution in [1.82, 2.24) is 0 Å². The lowest BCUT2D eigenvalue weighted by Gasteiger charge is -2.24. The first-order valence-electron chi connectivity index (χ1n) is 10.2. The minimum Gasteiger partial charge on any atom is -0.398 e. The Morgan fingerprint density at radius 2 is 1.69 bits per heavy atom. The number of rotatable bonds is 2. The molecular formula is C25H17N3O3S. The fourth-order valence-corrected chi connectivity index (χ4v) is 6.64. The van der Waals surface area contributed by atoms with Gasteiger partial charge in [0.05, 0.1) is 5.69 Å². The zero-order chi connectivity index (χ0) is 21.9. The molecule has 0 atom stereocenters. The third-order valence-electron chi connectivity index (χ3n) is 6.86. The number of benzene rings is 6. The molecule has 6 N–H and O–H groups in total. The number of nitrogen functional groups attached to an aromatic ring is 2. The summed E-state index contributed by atoms with van der Waals surface area (Å²) >= 11 is 0. The number of allylic oxidation sites excluding steroid dienone is 1. The van der Waals surface area contributed by atoms with Crippen molar-refractivity contribution in [3.05, 3.63) is 59.7 Å². The van der Waals surface area contributed by atoms with Gasteiger partial charge in [-0.05, 0) is 62.7 Å². The first-order chi connectivity index (χ1) is 15.4. The number of hydrogen-bond acceptors (Lipinski definition) is 5. The molecule has 6 aromatic carbocycles. The lowest BCUT2D eigenvalue weighted by molar-refractivity contribution is 0.484. The van der Waals surface area contributed by atoms with Crippen LogP contribution in [0.15, 0.2) is 53.4 Å². The number of hydrogen-bond donors (Lipinski definition) is 4. The van der Waals surface area contributed by atoms with Gasteiger partial charge in [0.15, 0.2) is 0 Å². The van der Waals surface area contributed by atoms with Crippen LogP contribution in [0, 0.1) is 0 Å². The van der Waals surface area contributed by atoms with E-state index in [2.05, 4.69) is 29.7 Å². The average molecular weight is 439 g/mol. The van der Waals surface area contributed by atoms with Crippen molar-refractivity contribution in [1.29, 1.82) is 0 Å². The number of nitrogens with two attached hydrogens (primary N) is 2. The average Bonchev–Trinajstić information content (AvgIpc) is 2.76. The zero-order valence-electron chi connectivity index (χ0n) is 16.7. The molecule has 6 nitrogen and oxygen atoms in total. The van der Waals surface area contributed by atoms with Gasteiger partial charge in [-0.2, -0.15) is 8.42 Å². The van der Waals surface area contributed by atoms with Gasteiger partial charge < -0.3 is 11.2 Å². The second-order valence-electron chi connectivity index (χ2n) is 8.50. The first-order valence-corrected chi connectivity index (χ1v) is 11.7. The summed E-state index contributed by atoms with van der Waals surface area (Å²) < 4.78 is 35.1. The summed E-state index contributed by atoms with van der Waals surface area (Å²) in [7, 11) is -4.57. The van der Waals surface area contributed by atoms with E-state index in [1.807, 2.05) is 18.2 Å². The molecule has 0 saturated heterocycles. The molecule has 156 valence electrons. The van der Waals surface area contributed by atoms with Crippen LogP contribution in [-0.2, 0) is 16.5 Å². The molecule has 7 heteroatoms. The second kappa shape index (κ2) is 5.58. The Morgan fingerprint density at radius 3 is 2.47 bits per heavy atom. The summed E-state index contributed by atoms with van der Waals surface area (Å²) in [4.78, 5) is -0.223. The van der Waals surface area contributed by atoms with Gasteiger partial charge in [-0.1, -0.05) is 36.4 Å². The SMILES string of the molecule is NNc1c(S(=O)(=O)O)c2cccc3cc4cc5c6c(cc(N)c7cc1c(c32)c4c76)C=CC5. The maximum atomic E-state index is 12.5.